The lowest BCUT2D eigenvalue weighted by Crippen LogP contribution is -2.48. The van der Waals surface area contributed by atoms with E-state index < -0.39 is 54.5 Å². The number of ether oxygens (including phenoxy) is 2. The van der Waals surface area contributed by atoms with Crippen LogP contribution < -0.4 is 0 Å². The molecule has 1 heterocycles. The minimum atomic E-state index is -1.95. The third-order valence-corrected chi connectivity index (χ3v) is 3.21. The molecule has 3 atom stereocenters. The average molecular weight is 336 g/mol. The zero-order valence-corrected chi connectivity index (χ0v) is 12.6. The lowest BCUT2D eigenvalue weighted by atomic mass is 9.86. The fourth-order valence-electron chi connectivity index (χ4n) is 2.24. The Morgan fingerprint density at radius 3 is 2.30 bits per heavy atom. The number of hydrogen-bond acceptors (Lipinski definition) is 10. The molecule has 0 aromatic carbocycles. The average Bonchev–Trinajstić information content (AvgIpc) is 2.76. The molecule has 1 rings (SSSR count). The third kappa shape index (κ3) is 3.79. The van der Waals surface area contributed by atoms with Gasteiger partial charge in [-0.2, -0.15) is 0 Å². The van der Waals surface area contributed by atoms with E-state index in [0.29, 0.717) is 0 Å². The minimum absolute atomic E-state index is 0.0556. The molecule has 0 bridgehead atoms. The quantitative estimate of drug-likeness (QED) is 0.196. The van der Waals surface area contributed by atoms with Crippen molar-refractivity contribution in [3.8, 4) is 0 Å². The number of cyclic esters (lactones) is 1. The maximum absolute atomic E-state index is 11.9. The number of carbonyl (C=O) groups is 2. The molecule has 0 saturated heterocycles. The predicted octanol–water partition coefficient (Wildman–Crippen LogP) is -1.72. The Labute approximate surface area is 131 Å². The summed E-state index contributed by atoms with van der Waals surface area (Å²) in [6.45, 7) is 1.66. The summed E-state index contributed by atoms with van der Waals surface area (Å²) in [5, 5.41) is 46.1. The van der Waals surface area contributed by atoms with E-state index in [2.05, 4.69) is 9.62 Å². The van der Waals surface area contributed by atoms with Crippen molar-refractivity contribution < 1.29 is 49.6 Å². The Balaban J connectivity index is 3.28. The van der Waals surface area contributed by atoms with Crippen molar-refractivity contribution in [1.29, 1.82) is 0 Å². The van der Waals surface area contributed by atoms with Crippen molar-refractivity contribution in [2.24, 2.45) is 5.92 Å². The van der Waals surface area contributed by atoms with Crippen LogP contribution in [0.25, 0.3) is 0 Å². The first-order valence-corrected chi connectivity index (χ1v) is 6.82. The van der Waals surface area contributed by atoms with Crippen LogP contribution in [0.4, 0.5) is 0 Å². The van der Waals surface area contributed by atoms with Crippen LogP contribution in [0.5, 0.6) is 0 Å². The molecular weight excluding hydrogens is 316 g/mol. The zero-order valence-electron chi connectivity index (χ0n) is 12.6. The SMILES string of the molecule is CC(C)C[C@]1([C@@H](O)CO)OC(=O)C(OC(=O)C(O)CO)=C1OO. The maximum Gasteiger partial charge on any atom is 0.379 e. The zero-order chi connectivity index (χ0) is 17.8. The Hall–Kier alpha value is -1.72. The van der Waals surface area contributed by atoms with Gasteiger partial charge in [0, 0.05) is 0 Å². The van der Waals surface area contributed by atoms with Crippen LogP contribution in [0.3, 0.4) is 0 Å². The first-order valence-electron chi connectivity index (χ1n) is 6.82. The second-order valence-corrected chi connectivity index (χ2v) is 5.44. The summed E-state index contributed by atoms with van der Waals surface area (Å²) in [5.41, 5.74) is -1.95. The fourth-order valence-corrected chi connectivity index (χ4v) is 2.24. The third-order valence-electron chi connectivity index (χ3n) is 3.21. The molecule has 132 valence electrons. The van der Waals surface area contributed by atoms with Gasteiger partial charge in [-0.05, 0) is 12.3 Å². The van der Waals surface area contributed by atoms with Crippen LogP contribution in [0.2, 0.25) is 0 Å². The highest BCUT2D eigenvalue weighted by Gasteiger charge is 2.57. The Morgan fingerprint density at radius 2 is 1.87 bits per heavy atom. The molecule has 10 heteroatoms. The lowest BCUT2D eigenvalue weighted by Gasteiger charge is -2.33. The normalized spacial score (nSPS) is 23.7. The summed E-state index contributed by atoms with van der Waals surface area (Å²) in [7, 11) is 0. The Morgan fingerprint density at radius 1 is 1.26 bits per heavy atom. The molecule has 10 nitrogen and oxygen atoms in total. The summed E-state index contributed by atoms with van der Waals surface area (Å²) in [6.07, 6.45) is -3.63. The van der Waals surface area contributed by atoms with Crippen molar-refractivity contribution in [3.63, 3.8) is 0 Å². The molecule has 0 spiro atoms. The van der Waals surface area contributed by atoms with Gasteiger partial charge in [-0.3, -0.25) is 0 Å². The lowest BCUT2D eigenvalue weighted by molar-refractivity contribution is -0.241. The van der Waals surface area contributed by atoms with E-state index in [-0.39, 0.29) is 12.3 Å². The molecule has 0 amide bonds. The van der Waals surface area contributed by atoms with Crippen molar-refractivity contribution in [3.05, 3.63) is 11.5 Å². The maximum atomic E-state index is 11.9. The molecule has 1 aliphatic heterocycles. The van der Waals surface area contributed by atoms with Gasteiger partial charge in [0.25, 0.3) is 5.76 Å². The first-order chi connectivity index (χ1) is 10.7. The summed E-state index contributed by atoms with van der Waals surface area (Å²) in [5.74, 6) is -4.37. The van der Waals surface area contributed by atoms with Gasteiger partial charge >= 0.3 is 11.9 Å². The van der Waals surface area contributed by atoms with Crippen LogP contribution in [0.15, 0.2) is 11.5 Å². The molecule has 0 aromatic heterocycles. The molecule has 0 radical (unpaired) electrons. The second kappa shape index (κ2) is 7.70. The van der Waals surface area contributed by atoms with Crippen LogP contribution in [0, 0.1) is 5.92 Å². The van der Waals surface area contributed by atoms with Gasteiger partial charge in [0.1, 0.15) is 6.10 Å². The first kappa shape index (κ1) is 19.3. The van der Waals surface area contributed by atoms with Gasteiger partial charge in [-0.15, -0.1) is 0 Å². The van der Waals surface area contributed by atoms with Crippen LogP contribution >= 0.6 is 0 Å². The summed E-state index contributed by atoms with van der Waals surface area (Å²) in [6, 6.07) is 0. The summed E-state index contributed by atoms with van der Waals surface area (Å²) < 4.78 is 9.60. The molecule has 1 aliphatic rings. The van der Waals surface area contributed by atoms with E-state index in [1.165, 1.54) is 0 Å². The largest absolute Gasteiger partial charge is 0.442 e. The van der Waals surface area contributed by atoms with Crippen LogP contribution in [0.1, 0.15) is 20.3 Å². The van der Waals surface area contributed by atoms with Gasteiger partial charge in [0.15, 0.2) is 6.10 Å². The van der Waals surface area contributed by atoms with E-state index in [4.69, 9.17) is 15.1 Å². The second-order valence-electron chi connectivity index (χ2n) is 5.44. The highest BCUT2D eigenvalue weighted by Crippen LogP contribution is 2.41. The van der Waals surface area contributed by atoms with E-state index in [9.17, 15) is 24.9 Å². The topological polar surface area (TPSA) is 163 Å². The van der Waals surface area contributed by atoms with Crippen molar-refractivity contribution in [2.75, 3.05) is 13.2 Å². The number of aliphatic hydroxyl groups is 4. The summed E-state index contributed by atoms with van der Waals surface area (Å²) >= 11 is 0. The van der Waals surface area contributed by atoms with Crippen LogP contribution in [-0.2, 0) is 24.0 Å². The Bertz CT molecular complexity index is 485. The molecule has 0 aromatic rings. The van der Waals surface area contributed by atoms with Gasteiger partial charge < -0.3 is 34.8 Å². The summed E-state index contributed by atoms with van der Waals surface area (Å²) in [4.78, 5) is 27.5. The van der Waals surface area contributed by atoms with E-state index in [0.717, 1.165) is 0 Å². The standard InChI is InChI=1S/C13H20O10/c1-6(2)3-13(8(17)5-15)10(23-20)9(12(19)22-13)21-11(18)7(16)4-14/h6-8,14-17,20H,3-5H2,1-2H3/t7?,8-,13+/m0/s1. The van der Waals surface area contributed by atoms with Crippen molar-refractivity contribution in [1.82, 2.24) is 0 Å². The Kier molecular flexibility index (Phi) is 6.47. The molecular formula is C13H20O10. The number of rotatable bonds is 8. The van der Waals surface area contributed by atoms with Gasteiger partial charge in [0.05, 0.1) is 13.2 Å². The van der Waals surface area contributed by atoms with E-state index >= 15 is 0 Å². The smallest absolute Gasteiger partial charge is 0.379 e. The number of hydrogen-bond donors (Lipinski definition) is 5. The van der Waals surface area contributed by atoms with Gasteiger partial charge in [0.2, 0.25) is 11.4 Å². The molecule has 0 saturated carbocycles. The van der Waals surface area contributed by atoms with Gasteiger partial charge in [-0.25, -0.2) is 14.8 Å². The highest BCUT2D eigenvalue weighted by atomic mass is 17.1. The van der Waals surface area contributed by atoms with Crippen molar-refractivity contribution in [2.45, 2.75) is 38.1 Å². The molecule has 1 unspecified atom stereocenters. The fraction of sp³-hybridized carbons (Fsp3) is 0.692. The van der Waals surface area contributed by atoms with E-state index in [1.54, 1.807) is 13.8 Å². The molecule has 0 aliphatic carbocycles. The molecule has 0 fully saturated rings. The minimum Gasteiger partial charge on any atom is -0.442 e. The highest BCUT2D eigenvalue weighted by molar-refractivity contribution is 5.94. The van der Waals surface area contributed by atoms with Crippen molar-refractivity contribution >= 4 is 11.9 Å². The monoisotopic (exact) mass is 336 g/mol. The number of aliphatic hydroxyl groups excluding tert-OH is 4. The van der Waals surface area contributed by atoms with E-state index in [1.807, 2.05) is 0 Å². The van der Waals surface area contributed by atoms with Gasteiger partial charge in [-0.1, -0.05) is 13.8 Å². The molecule has 5 N–H and O–H groups in total. The van der Waals surface area contributed by atoms with Crippen LogP contribution in [-0.4, -0.2) is 68.6 Å². The predicted molar refractivity (Wildman–Crippen MR) is 71.3 cm³/mol. The molecule has 23 heavy (non-hydrogen) atoms. The number of esters is 2. The number of carbonyl (C=O) groups excluding carboxylic acids is 2.